The molecule has 0 heterocycles. The molecular formula is C13H17NO. The SMILES string of the molecule is CN=C(/C=C(\C)c1cccc(C)c1)CO. The molecule has 0 radical (unpaired) electrons. The first kappa shape index (κ1) is 11.7. The van der Waals surface area contributed by atoms with Crippen molar-refractivity contribution in [2.24, 2.45) is 4.99 Å². The van der Waals surface area contributed by atoms with Gasteiger partial charge in [0.1, 0.15) is 0 Å². The van der Waals surface area contributed by atoms with Gasteiger partial charge >= 0.3 is 0 Å². The zero-order valence-electron chi connectivity index (χ0n) is 9.49. The van der Waals surface area contributed by atoms with Crippen LogP contribution in [0.15, 0.2) is 35.3 Å². The Bertz CT molecular complexity index is 391. The van der Waals surface area contributed by atoms with Crippen molar-refractivity contribution < 1.29 is 5.11 Å². The molecule has 1 aromatic rings. The van der Waals surface area contributed by atoms with E-state index < -0.39 is 0 Å². The summed E-state index contributed by atoms with van der Waals surface area (Å²) >= 11 is 0. The summed E-state index contributed by atoms with van der Waals surface area (Å²) in [6.45, 7) is 4.08. The predicted molar refractivity (Wildman–Crippen MR) is 65.3 cm³/mol. The molecule has 0 saturated heterocycles. The molecule has 1 rings (SSSR count). The summed E-state index contributed by atoms with van der Waals surface area (Å²) in [4.78, 5) is 3.98. The van der Waals surface area contributed by atoms with Crippen molar-refractivity contribution in [1.29, 1.82) is 0 Å². The van der Waals surface area contributed by atoms with Crippen molar-refractivity contribution >= 4 is 11.3 Å². The summed E-state index contributed by atoms with van der Waals surface area (Å²) in [6, 6.07) is 8.28. The number of aliphatic hydroxyl groups is 1. The fraction of sp³-hybridized carbons (Fsp3) is 0.308. The van der Waals surface area contributed by atoms with Crippen LogP contribution < -0.4 is 0 Å². The topological polar surface area (TPSA) is 32.6 Å². The summed E-state index contributed by atoms with van der Waals surface area (Å²) in [5, 5.41) is 9.00. The summed E-state index contributed by atoms with van der Waals surface area (Å²) < 4.78 is 0. The lowest BCUT2D eigenvalue weighted by Crippen LogP contribution is -2.00. The molecule has 80 valence electrons. The Balaban J connectivity index is 2.98. The van der Waals surface area contributed by atoms with Crippen LogP contribution in [0, 0.1) is 6.92 Å². The first-order chi connectivity index (χ1) is 7.17. The number of aliphatic hydroxyl groups excluding tert-OH is 1. The molecule has 0 atom stereocenters. The average Bonchev–Trinajstić information content (AvgIpc) is 2.25. The molecule has 0 fully saturated rings. The first-order valence-corrected chi connectivity index (χ1v) is 4.99. The number of aliphatic imine (C=N–C) groups is 1. The molecule has 2 heteroatoms. The Kier molecular flexibility index (Phi) is 4.25. The quantitative estimate of drug-likeness (QED) is 0.752. The lowest BCUT2D eigenvalue weighted by molar-refractivity contribution is 0.358. The smallest absolute Gasteiger partial charge is 0.0848 e. The summed E-state index contributed by atoms with van der Waals surface area (Å²) in [6.07, 6.45) is 1.91. The molecule has 0 aliphatic heterocycles. The van der Waals surface area contributed by atoms with Gasteiger partial charge < -0.3 is 5.11 Å². The zero-order chi connectivity index (χ0) is 11.3. The molecule has 15 heavy (non-hydrogen) atoms. The standard InChI is InChI=1S/C13H17NO/c1-10-5-4-6-12(7-10)11(2)8-13(9-15)14-3/h4-8,15H,9H2,1-3H3/b11-8+,14-13?. The highest BCUT2D eigenvalue weighted by molar-refractivity contribution is 6.01. The van der Waals surface area contributed by atoms with E-state index in [4.69, 9.17) is 5.11 Å². The summed E-state index contributed by atoms with van der Waals surface area (Å²) in [7, 11) is 1.69. The van der Waals surface area contributed by atoms with E-state index in [1.807, 2.05) is 19.1 Å². The van der Waals surface area contributed by atoms with Crippen molar-refractivity contribution in [2.45, 2.75) is 13.8 Å². The van der Waals surface area contributed by atoms with Gasteiger partial charge in [0, 0.05) is 7.05 Å². The number of rotatable bonds is 3. The van der Waals surface area contributed by atoms with Gasteiger partial charge in [-0.15, -0.1) is 0 Å². The number of hydrogen-bond acceptors (Lipinski definition) is 2. The van der Waals surface area contributed by atoms with Crippen LogP contribution in [-0.2, 0) is 0 Å². The minimum atomic E-state index is -0.0142. The van der Waals surface area contributed by atoms with Gasteiger partial charge in [-0.1, -0.05) is 29.8 Å². The molecule has 1 N–H and O–H groups in total. The van der Waals surface area contributed by atoms with E-state index in [0.717, 1.165) is 5.57 Å². The lowest BCUT2D eigenvalue weighted by Gasteiger charge is -2.03. The number of hydrogen-bond donors (Lipinski definition) is 1. The molecular weight excluding hydrogens is 186 g/mol. The van der Waals surface area contributed by atoms with Crippen molar-refractivity contribution in [3.63, 3.8) is 0 Å². The zero-order valence-corrected chi connectivity index (χ0v) is 9.49. The molecule has 0 aliphatic carbocycles. The van der Waals surface area contributed by atoms with Gasteiger partial charge in [-0.2, -0.15) is 0 Å². The molecule has 0 unspecified atom stereocenters. The maximum absolute atomic E-state index is 9.00. The number of nitrogens with zero attached hydrogens (tertiary/aromatic N) is 1. The van der Waals surface area contributed by atoms with Crippen LogP contribution in [0.3, 0.4) is 0 Å². The van der Waals surface area contributed by atoms with E-state index >= 15 is 0 Å². The van der Waals surface area contributed by atoms with Crippen LogP contribution >= 0.6 is 0 Å². The Hall–Kier alpha value is -1.41. The molecule has 0 spiro atoms. The number of aryl methyl sites for hydroxylation is 1. The van der Waals surface area contributed by atoms with Gasteiger partial charge in [0.15, 0.2) is 0 Å². The second-order valence-corrected chi connectivity index (χ2v) is 3.57. The van der Waals surface area contributed by atoms with E-state index in [0.29, 0.717) is 5.71 Å². The fourth-order valence-corrected chi connectivity index (χ4v) is 1.40. The van der Waals surface area contributed by atoms with Crippen LogP contribution in [0.1, 0.15) is 18.1 Å². The van der Waals surface area contributed by atoms with Crippen molar-refractivity contribution in [1.82, 2.24) is 0 Å². The third-order valence-corrected chi connectivity index (χ3v) is 2.31. The van der Waals surface area contributed by atoms with Gasteiger partial charge in [0.05, 0.1) is 12.3 Å². The third kappa shape index (κ3) is 3.33. The minimum Gasteiger partial charge on any atom is -0.390 e. The molecule has 0 aromatic heterocycles. The largest absolute Gasteiger partial charge is 0.390 e. The van der Waals surface area contributed by atoms with Crippen LogP contribution in [0.5, 0.6) is 0 Å². The highest BCUT2D eigenvalue weighted by atomic mass is 16.3. The molecule has 1 aromatic carbocycles. The van der Waals surface area contributed by atoms with Gasteiger partial charge in [-0.05, 0) is 31.1 Å². The lowest BCUT2D eigenvalue weighted by atomic mass is 10.0. The second-order valence-electron chi connectivity index (χ2n) is 3.57. The fourth-order valence-electron chi connectivity index (χ4n) is 1.40. The predicted octanol–water partition coefficient (Wildman–Crippen LogP) is 2.46. The second kappa shape index (κ2) is 5.47. The van der Waals surface area contributed by atoms with Gasteiger partial charge in [-0.25, -0.2) is 0 Å². The normalized spacial score (nSPS) is 13.1. The van der Waals surface area contributed by atoms with Crippen LogP contribution in [0.2, 0.25) is 0 Å². The van der Waals surface area contributed by atoms with Crippen molar-refractivity contribution in [3.8, 4) is 0 Å². The van der Waals surface area contributed by atoms with Gasteiger partial charge in [0.25, 0.3) is 0 Å². The van der Waals surface area contributed by atoms with E-state index in [2.05, 4.69) is 30.1 Å². The van der Waals surface area contributed by atoms with E-state index in [-0.39, 0.29) is 6.61 Å². The van der Waals surface area contributed by atoms with Gasteiger partial charge in [-0.3, -0.25) is 4.99 Å². The summed E-state index contributed by atoms with van der Waals surface area (Å²) in [5.41, 5.74) is 4.23. The molecule has 2 nitrogen and oxygen atoms in total. The van der Waals surface area contributed by atoms with Crippen molar-refractivity contribution in [2.75, 3.05) is 13.7 Å². The van der Waals surface area contributed by atoms with Crippen LogP contribution in [0.4, 0.5) is 0 Å². The highest BCUT2D eigenvalue weighted by Gasteiger charge is 1.97. The van der Waals surface area contributed by atoms with E-state index in [1.165, 1.54) is 11.1 Å². The minimum absolute atomic E-state index is 0.0142. The molecule has 0 bridgehead atoms. The van der Waals surface area contributed by atoms with Crippen LogP contribution in [-0.4, -0.2) is 24.5 Å². The van der Waals surface area contributed by atoms with E-state index in [1.54, 1.807) is 7.05 Å². The maximum atomic E-state index is 9.00. The molecule has 0 aliphatic rings. The van der Waals surface area contributed by atoms with Crippen LogP contribution in [0.25, 0.3) is 5.57 Å². The molecule has 0 amide bonds. The number of allylic oxidation sites excluding steroid dienone is 1. The maximum Gasteiger partial charge on any atom is 0.0848 e. The van der Waals surface area contributed by atoms with Crippen molar-refractivity contribution in [3.05, 3.63) is 41.5 Å². The Morgan fingerprint density at radius 2 is 2.20 bits per heavy atom. The Labute approximate surface area is 91.0 Å². The monoisotopic (exact) mass is 203 g/mol. The Morgan fingerprint density at radius 1 is 1.47 bits per heavy atom. The van der Waals surface area contributed by atoms with Gasteiger partial charge in [0.2, 0.25) is 0 Å². The molecule has 0 saturated carbocycles. The first-order valence-electron chi connectivity index (χ1n) is 4.99. The Morgan fingerprint density at radius 3 is 2.73 bits per heavy atom. The highest BCUT2D eigenvalue weighted by Crippen LogP contribution is 2.14. The van der Waals surface area contributed by atoms with E-state index in [9.17, 15) is 0 Å². The summed E-state index contributed by atoms with van der Waals surface area (Å²) in [5.74, 6) is 0. The third-order valence-electron chi connectivity index (χ3n) is 2.31. The average molecular weight is 203 g/mol. The number of benzene rings is 1.